The van der Waals surface area contributed by atoms with Crippen LogP contribution in [0.15, 0.2) is 6.07 Å². The number of aryl methyl sites for hydroxylation is 2. The molecule has 1 aromatic heterocycles. The fourth-order valence-corrected chi connectivity index (χ4v) is 4.91. The van der Waals surface area contributed by atoms with Gasteiger partial charge in [-0.25, -0.2) is 0 Å². The summed E-state index contributed by atoms with van der Waals surface area (Å²) in [7, 11) is 0. The van der Waals surface area contributed by atoms with Crippen molar-refractivity contribution in [3.8, 4) is 0 Å². The Kier molecular flexibility index (Phi) is 4.45. The van der Waals surface area contributed by atoms with Crippen molar-refractivity contribution >= 4 is 17.2 Å². The Morgan fingerprint density at radius 2 is 1.95 bits per heavy atom. The van der Waals surface area contributed by atoms with E-state index in [1.54, 1.807) is 11.3 Å². The summed E-state index contributed by atoms with van der Waals surface area (Å²) in [5, 5.41) is 0. The van der Waals surface area contributed by atoms with E-state index in [1.165, 1.54) is 68.2 Å². The van der Waals surface area contributed by atoms with Crippen LogP contribution in [0, 0.1) is 0 Å². The Morgan fingerprint density at radius 3 is 2.65 bits per heavy atom. The summed E-state index contributed by atoms with van der Waals surface area (Å²) >= 11 is 1.76. The minimum Gasteiger partial charge on any atom is -0.335 e. The quantitative estimate of drug-likeness (QED) is 0.807. The van der Waals surface area contributed by atoms with Crippen molar-refractivity contribution in [3.05, 3.63) is 21.4 Å². The highest BCUT2D eigenvalue weighted by Gasteiger charge is 2.27. The van der Waals surface area contributed by atoms with Gasteiger partial charge in [-0.3, -0.25) is 4.79 Å². The predicted octanol–water partition coefficient (Wildman–Crippen LogP) is 4.42. The second-order valence-corrected chi connectivity index (χ2v) is 7.29. The molecule has 2 aliphatic rings. The molecule has 0 radical (unpaired) electrons. The van der Waals surface area contributed by atoms with E-state index >= 15 is 0 Å². The summed E-state index contributed by atoms with van der Waals surface area (Å²) in [6.45, 7) is 2.98. The number of nitrogens with zero attached hydrogens (tertiary/aromatic N) is 1. The molecule has 0 N–H and O–H groups in total. The first kappa shape index (κ1) is 14.1. The Morgan fingerprint density at radius 1 is 1.20 bits per heavy atom. The molecule has 3 heteroatoms. The maximum absolute atomic E-state index is 12.8. The molecule has 2 nitrogen and oxygen atoms in total. The van der Waals surface area contributed by atoms with Crippen molar-refractivity contribution < 1.29 is 4.79 Å². The van der Waals surface area contributed by atoms with Gasteiger partial charge in [0.05, 0.1) is 4.88 Å². The fourth-order valence-electron chi connectivity index (χ4n) is 3.70. The summed E-state index contributed by atoms with van der Waals surface area (Å²) in [5.74, 6) is 0.291. The van der Waals surface area contributed by atoms with Crippen LogP contribution in [0.2, 0.25) is 0 Å². The van der Waals surface area contributed by atoms with Crippen molar-refractivity contribution in [3.63, 3.8) is 0 Å². The van der Waals surface area contributed by atoms with Crippen molar-refractivity contribution in [2.45, 2.75) is 70.8 Å². The molecule has 0 aromatic carbocycles. The number of carbonyl (C=O) groups excluding carboxylic acids is 1. The normalized spacial score (nSPS) is 19.6. The highest BCUT2D eigenvalue weighted by atomic mass is 32.1. The Bertz CT molecular complexity index is 450. The summed E-state index contributed by atoms with van der Waals surface area (Å²) in [5.41, 5.74) is 1.45. The van der Waals surface area contributed by atoms with E-state index in [2.05, 4.69) is 17.9 Å². The van der Waals surface area contributed by atoms with Crippen LogP contribution in [0.4, 0.5) is 0 Å². The Hall–Kier alpha value is -0.830. The van der Waals surface area contributed by atoms with Crippen molar-refractivity contribution in [2.24, 2.45) is 0 Å². The topological polar surface area (TPSA) is 20.3 Å². The number of carbonyl (C=O) groups is 1. The zero-order valence-electron chi connectivity index (χ0n) is 12.5. The van der Waals surface area contributed by atoms with Crippen LogP contribution >= 0.6 is 11.3 Å². The molecular weight excluding hydrogens is 266 g/mol. The molecule has 0 unspecified atom stereocenters. The van der Waals surface area contributed by atoms with E-state index in [0.29, 0.717) is 11.9 Å². The van der Waals surface area contributed by atoms with Crippen LogP contribution in [0.5, 0.6) is 0 Å². The fraction of sp³-hybridized carbons (Fsp3) is 0.706. The van der Waals surface area contributed by atoms with Crippen molar-refractivity contribution in [1.82, 2.24) is 4.90 Å². The molecule has 0 spiro atoms. The molecule has 0 saturated heterocycles. The van der Waals surface area contributed by atoms with Gasteiger partial charge in [-0.05, 0) is 57.1 Å². The molecule has 20 heavy (non-hydrogen) atoms. The Labute approximate surface area is 126 Å². The van der Waals surface area contributed by atoms with Crippen molar-refractivity contribution in [1.29, 1.82) is 0 Å². The summed E-state index contributed by atoms with van der Waals surface area (Å²) in [4.78, 5) is 17.4. The van der Waals surface area contributed by atoms with Crippen LogP contribution in [0.1, 0.15) is 72.0 Å². The van der Waals surface area contributed by atoms with Crippen LogP contribution in [0.3, 0.4) is 0 Å². The number of rotatable bonds is 3. The number of thiophene rings is 1. The molecule has 0 aliphatic heterocycles. The zero-order valence-corrected chi connectivity index (χ0v) is 13.3. The van der Waals surface area contributed by atoms with E-state index in [4.69, 9.17) is 0 Å². The van der Waals surface area contributed by atoms with Gasteiger partial charge in [0.2, 0.25) is 0 Å². The van der Waals surface area contributed by atoms with Gasteiger partial charge in [-0.1, -0.05) is 19.3 Å². The first-order chi connectivity index (χ1) is 9.79. The molecule has 1 aromatic rings. The van der Waals surface area contributed by atoms with Gasteiger partial charge in [-0.15, -0.1) is 11.3 Å². The first-order valence-electron chi connectivity index (χ1n) is 8.22. The average Bonchev–Trinajstić information content (AvgIpc) is 2.93. The average molecular weight is 291 g/mol. The van der Waals surface area contributed by atoms with Crippen LogP contribution in [-0.4, -0.2) is 23.4 Å². The lowest BCUT2D eigenvalue weighted by molar-refractivity contribution is 0.0653. The standard InChI is InChI=1S/C17H25NOS/c1-2-18(14-9-4-3-5-10-14)17(19)16-12-13-8-6-7-11-15(13)20-16/h12,14H,2-11H2,1H3. The van der Waals surface area contributed by atoms with Crippen molar-refractivity contribution in [2.75, 3.05) is 6.54 Å². The van der Waals surface area contributed by atoms with Gasteiger partial charge in [0, 0.05) is 17.5 Å². The zero-order chi connectivity index (χ0) is 13.9. The number of amides is 1. The third kappa shape index (κ3) is 2.78. The van der Waals surface area contributed by atoms with E-state index in [-0.39, 0.29) is 0 Å². The van der Waals surface area contributed by atoms with E-state index in [0.717, 1.165) is 11.4 Å². The van der Waals surface area contributed by atoms with Gasteiger partial charge >= 0.3 is 0 Å². The van der Waals surface area contributed by atoms with E-state index < -0.39 is 0 Å². The lowest BCUT2D eigenvalue weighted by Crippen LogP contribution is -2.41. The smallest absolute Gasteiger partial charge is 0.264 e. The van der Waals surface area contributed by atoms with Crippen LogP contribution < -0.4 is 0 Å². The molecule has 1 saturated carbocycles. The lowest BCUT2D eigenvalue weighted by atomic mass is 9.94. The third-order valence-corrected chi connectivity index (χ3v) is 6.05. The number of hydrogen-bond donors (Lipinski definition) is 0. The molecule has 110 valence electrons. The summed E-state index contributed by atoms with van der Waals surface area (Å²) in [6.07, 6.45) is 11.3. The Balaban J connectivity index is 1.77. The number of fused-ring (bicyclic) bond motifs is 1. The van der Waals surface area contributed by atoms with E-state index in [9.17, 15) is 4.79 Å². The second-order valence-electron chi connectivity index (χ2n) is 6.15. The first-order valence-corrected chi connectivity index (χ1v) is 9.03. The SMILES string of the molecule is CCN(C(=O)c1cc2c(s1)CCCC2)C1CCCCC1. The van der Waals surface area contributed by atoms with E-state index in [1.807, 2.05) is 0 Å². The summed E-state index contributed by atoms with van der Waals surface area (Å²) in [6, 6.07) is 2.67. The van der Waals surface area contributed by atoms with Gasteiger partial charge in [0.1, 0.15) is 0 Å². The molecule has 1 amide bonds. The molecular formula is C17H25NOS. The molecule has 0 atom stereocenters. The highest BCUT2D eigenvalue weighted by molar-refractivity contribution is 7.14. The maximum Gasteiger partial charge on any atom is 0.264 e. The third-order valence-electron chi connectivity index (χ3n) is 4.82. The highest BCUT2D eigenvalue weighted by Crippen LogP contribution is 2.31. The number of hydrogen-bond acceptors (Lipinski definition) is 2. The van der Waals surface area contributed by atoms with Gasteiger partial charge in [0.25, 0.3) is 5.91 Å². The molecule has 0 bridgehead atoms. The largest absolute Gasteiger partial charge is 0.335 e. The van der Waals surface area contributed by atoms with Crippen LogP contribution in [-0.2, 0) is 12.8 Å². The summed E-state index contributed by atoms with van der Waals surface area (Å²) < 4.78 is 0. The lowest BCUT2D eigenvalue weighted by Gasteiger charge is -2.33. The van der Waals surface area contributed by atoms with Gasteiger partial charge < -0.3 is 4.90 Å². The minimum atomic E-state index is 0.291. The monoisotopic (exact) mass is 291 g/mol. The molecule has 1 fully saturated rings. The molecule has 3 rings (SSSR count). The van der Waals surface area contributed by atoms with Crippen LogP contribution in [0.25, 0.3) is 0 Å². The molecule has 2 aliphatic carbocycles. The minimum absolute atomic E-state index is 0.291. The maximum atomic E-state index is 12.8. The second kappa shape index (κ2) is 6.30. The predicted molar refractivity (Wildman–Crippen MR) is 84.5 cm³/mol. The molecule has 1 heterocycles. The van der Waals surface area contributed by atoms with Gasteiger partial charge in [0.15, 0.2) is 0 Å². The van der Waals surface area contributed by atoms with Gasteiger partial charge in [-0.2, -0.15) is 0 Å².